The lowest BCUT2D eigenvalue weighted by Gasteiger charge is -2.20. The molecule has 1 atom stereocenters. The summed E-state index contributed by atoms with van der Waals surface area (Å²) in [5, 5.41) is 8.78. The van der Waals surface area contributed by atoms with Crippen molar-refractivity contribution in [2.24, 2.45) is 5.73 Å². The van der Waals surface area contributed by atoms with Gasteiger partial charge in [0.25, 0.3) is 0 Å². The zero-order valence-electron chi connectivity index (χ0n) is 7.20. The van der Waals surface area contributed by atoms with Crippen molar-refractivity contribution >= 4 is 5.70 Å². The molecule has 0 saturated heterocycles. The van der Waals surface area contributed by atoms with E-state index < -0.39 is 0 Å². The first-order valence-electron chi connectivity index (χ1n) is 4.26. The zero-order chi connectivity index (χ0) is 9.26. The minimum absolute atomic E-state index is 0.0603. The molecule has 0 aromatic heterocycles. The summed E-state index contributed by atoms with van der Waals surface area (Å²) in [6, 6.07) is 7.90. The number of hydroxylamine groups is 1. The van der Waals surface area contributed by atoms with Gasteiger partial charge in [0.1, 0.15) is 0 Å². The van der Waals surface area contributed by atoms with E-state index in [2.05, 4.69) is 5.48 Å². The van der Waals surface area contributed by atoms with Crippen molar-refractivity contribution in [3.8, 4) is 0 Å². The summed E-state index contributed by atoms with van der Waals surface area (Å²) in [6.07, 6.45) is 2.62. The topological polar surface area (TPSA) is 58.3 Å². The number of nitrogens with one attached hydrogen (secondary N) is 1. The summed E-state index contributed by atoms with van der Waals surface area (Å²) in [6.45, 7) is 0. The Morgan fingerprint density at radius 3 is 2.92 bits per heavy atom. The van der Waals surface area contributed by atoms with E-state index >= 15 is 0 Å². The van der Waals surface area contributed by atoms with Gasteiger partial charge in [-0.25, -0.2) is 0 Å². The Kier molecular flexibility index (Phi) is 2.04. The molecule has 0 amide bonds. The molecular formula is C10H12N2O. The number of fused-ring (bicyclic) bond motifs is 1. The molecule has 3 heteroatoms. The largest absolute Gasteiger partial charge is 0.398 e. The lowest BCUT2D eigenvalue weighted by molar-refractivity contribution is 0.143. The van der Waals surface area contributed by atoms with Gasteiger partial charge in [-0.2, -0.15) is 5.48 Å². The van der Waals surface area contributed by atoms with Gasteiger partial charge in [0.15, 0.2) is 0 Å². The molecule has 1 aliphatic rings. The number of hydrogen-bond donors (Lipinski definition) is 3. The fourth-order valence-corrected chi connectivity index (χ4v) is 1.67. The number of benzene rings is 1. The summed E-state index contributed by atoms with van der Waals surface area (Å²) in [5.41, 5.74) is 11.0. The van der Waals surface area contributed by atoms with Gasteiger partial charge in [-0.05, 0) is 18.1 Å². The predicted octanol–water partition coefficient (Wildman–Crippen LogP) is 0.890. The van der Waals surface area contributed by atoms with Crippen LogP contribution in [0.5, 0.6) is 0 Å². The Morgan fingerprint density at radius 1 is 1.38 bits per heavy atom. The van der Waals surface area contributed by atoms with E-state index in [1.165, 1.54) is 5.56 Å². The monoisotopic (exact) mass is 176 g/mol. The number of rotatable bonds is 1. The highest BCUT2D eigenvalue weighted by molar-refractivity contribution is 5.68. The molecule has 1 aromatic rings. The van der Waals surface area contributed by atoms with Gasteiger partial charge in [0, 0.05) is 11.3 Å². The molecule has 0 aliphatic heterocycles. The maximum absolute atomic E-state index is 8.78. The zero-order valence-corrected chi connectivity index (χ0v) is 7.20. The van der Waals surface area contributed by atoms with Gasteiger partial charge in [-0.15, -0.1) is 0 Å². The molecule has 13 heavy (non-hydrogen) atoms. The van der Waals surface area contributed by atoms with E-state index in [4.69, 9.17) is 10.9 Å². The van der Waals surface area contributed by atoms with Gasteiger partial charge < -0.3 is 10.9 Å². The maximum Gasteiger partial charge on any atom is 0.0563 e. The van der Waals surface area contributed by atoms with Crippen LogP contribution in [-0.4, -0.2) is 11.2 Å². The molecule has 0 bridgehead atoms. The van der Waals surface area contributed by atoms with Gasteiger partial charge in [-0.3, -0.25) is 0 Å². The van der Waals surface area contributed by atoms with Crippen molar-refractivity contribution in [1.29, 1.82) is 0 Å². The Bertz CT molecular complexity index is 347. The van der Waals surface area contributed by atoms with E-state index in [1.807, 2.05) is 30.3 Å². The van der Waals surface area contributed by atoms with E-state index in [9.17, 15) is 0 Å². The Balaban J connectivity index is 2.42. The average Bonchev–Trinajstić information content (AvgIpc) is 2.18. The fourth-order valence-electron chi connectivity index (χ4n) is 1.67. The van der Waals surface area contributed by atoms with Crippen LogP contribution in [0, 0.1) is 0 Å². The Labute approximate surface area is 76.8 Å². The standard InChI is InChI=1S/C10H12N2O/c11-10-6-8(12-13)5-7-3-1-2-4-9(7)10/h1-4,6,8,12-13H,5,11H2. The van der Waals surface area contributed by atoms with Crippen LogP contribution >= 0.6 is 0 Å². The molecule has 68 valence electrons. The molecule has 1 aromatic carbocycles. The van der Waals surface area contributed by atoms with E-state index in [-0.39, 0.29) is 6.04 Å². The smallest absolute Gasteiger partial charge is 0.0563 e. The van der Waals surface area contributed by atoms with Crippen LogP contribution in [0.2, 0.25) is 0 Å². The van der Waals surface area contributed by atoms with Crippen LogP contribution in [0.3, 0.4) is 0 Å². The molecule has 1 aliphatic carbocycles. The summed E-state index contributed by atoms with van der Waals surface area (Å²) >= 11 is 0. The third kappa shape index (κ3) is 1.43. The van der Waals surface area contributed by atoms with Crippen LogP contribution in [-0.2, 0) is 6.42 Å². The summed E-state index contributed by atoms with van der Waals surface area (Å²) in [7, 11) is 0. The second kappa shape index (κ2) is 3.20. The predicted molar refractivity (Wildman–Crippen MR) is 51.0 cm³/mol. The molecule has 2 rings (SSSR count). The fraction of sp³-hybridized carbons (Fsp3) is 0.200. The van der Waals surface area contributed by atoms with Crippen molar-refractivity contribution in [3.63, 3.8) is 0 Å². The minimum atomic E-state index is -0.0603. The number of nitrogens with two attached hydrogens (primary N) is 1. The lowest BCUT2D eigenvalue weighted by Crippen LogP contribution is -2.30. The normalized spacial score (nSPS) is 20.7. The first-order valence-corrected chi connectivity index (χ1v) is 4.26. The summed E-state index contributed by atoms with van der Waals surface area (Å²) in [5.74, 6) is 0. The van der Waals surface area contributed by atoms with Crippen LogP contribution < -0.4 is 11.2 Å². The average molecular weight is 176 g/mol. The Morgan fingerprint density at radius 2 is 2.15 bits per heavy atom. The van der Waals surface area contributed by atoms with Gasteiger partial charge in [-0.1, -0.05) is 24.3 Å². The molecule has 1 unspecified atom stereocenters. The van der Waals surface area contributed by atoms with E-state index in [1.54, 1.807) is 0 Å². The van der Waals surface area contributed by atoms with Crippen molar-refractivity contribution in [1.82, 2.24) is 5.48 Å². The summed E-state index contributed by atoms with van der Waals surface area (Å²) < 4.78 is 0. The van der Waals surface area contributed by atoms with Crippen LogP contribution in [0.4, 0.5) is 0 Å². The van der Waals surface area contributed by atoms with Gasteiger partial charge in [0.05, 0.1) is 6.04 Å². The third-order valence-corrected chi connectivity index (χ3v) is 2.31. The van der Waals surface area contributed by atoms with Crippen LogP contribution in [0.1, 0.15) is 11.1 Å². The molecule has 0 fully saturated rings. The molecule has 0 radical (unpaired) electrons. The molecule has 3 nitrogen and oxygen atoms in total. The number of hydrogen-bond acceptors (Lipinski definition) is 3. The highest BCUT2D eigenvalue weighted by Crippen LogP contribution is 2.22. The molecular weight excluding hydrogens is 164 g/mol. The van der Waals surface area contributed by atoms with E-state index in [0.717, 1.165) is 17.7 Å². The first-order chi connectivity index (χ1) is 6.31. The SMILES string of the molecule is NC1=CC(NO)Cc2ccccc21. The molecule has 0 spiro atoms. The van der Waals surface area contributed by atoms with Crippen molar-refractivity contribution in [3.05, 3.63) is 41.5 Å². The van der Waals surface area contributed by atoms with Crippen molar-refractivity contribution < 1.29 is 5.21 Å². The third-order valence-electron chi connectivity index (χ3n) is 2.31. The maximum atomic E-state index is 8.78. The summed E-state index contributed by atoms with van der Waals surface area (Å²) in [4.78, 5) is 0. The minimum Gasteiger partial charge on any atom is -0.398 e. The molecule has 0 heterocycles. The molecule has 4 N–H and O–H groups in total. The van der Waals surface area contributed by atoms with E-state index in [0.29, 0.717) is 0 Å². The highest BCUT2D eigenvalue weighted by Gasteiger charge is 2.16. The van der Waals surface area contributed by atoms with Crippen molar-refractivity contribution in [2.45, 2.75) is 12.5 Å². The van der Waals surface area contributed by atoms with Crippen molar-refractivity contribution in [2.75, 3.05) is 0 Å². The second-order valence-corrected chi connectivity index (χ2v) is 3.22. The highest BCUT2D eigenvalue weighted by atomic mass is 16.5. The quantitative estimate of drug-likeness (QED) is 0.557. The first kappa shape index (κ1) is 8.29. The lowest BCUT2D eigenvalue weighted by atomic mass is 9.92. The van der Waals surface area contributed by atoms with Gasteiger partial charge in [0.2, 0.25) is 0 Å². The Hall–Kier alpha value is -1.32. The van der Waals surface area contributed by atoms with Gasteiger partial charge >= 0.3 is 0 Å². The van der Waals surface area contributed by atoms with Crippen LogP contribution in [0.15, 0.2) is 30.3 Å². The molecule has 0 saturated carbocycles. The van der Waals surface area contributed by atoms with Crippen LogP contribution in [0.25, 0.3) is 5.70 Å². The second-order valence-electron chi connectivity index (χ2n) is 3.22.